The van der Waals surface area contributed by atoms with Gasteiger partial charge < -0.3 is 9.47 Å². The molecule has 92 valence electrons. The number of hydrogen-bond donors (Lipinski definition) is 0. The number of nitrogens with zero attached hydrogens (tertiary/aromatic N) is 1. The lowest BCUT2D eigenvalue weighted by atomic mass is 10.3. The van der Waals surface area contributed by atoms with Crippen LogP contribution in [-0.2, 0) is 6.61 Å². The Labute approximate surface area is 110 Å². The Morgan fingerprint density at radius 2 is 2.11 bits per heavy atom. The molecule has 2 rings (SSSR count). The van der Waals surface area contributed by atoms with Gasteiger partial charge in [0.25, 0.3) is 0 Å². The van der Waals surface area contributed by atoms with Gasteiger partial charge in [0.1, 0.15) is 29.7 Å². The highest BCUT2D eigenvalue weighted by Gasteiger charge is 2.01. The van der Waals surface area contributed by atoms with Crippen molar-refractivity contribution in [3.05, 3.63) is 40.3 Å². The fourth-order valence-electron chi connectivity index (χ4n) is 1.39. The number of benzene rings is 1. The maximum Gasteiger partial charge on any atom is 0.148 e. The molecule has 3 nitrogen and oxygen atoms in total. The van der Waals surface area contributed by atoms with Gasteiger partial charge in [-0.1, -0.05) is 12.0 Å². The molecule has 0 saturated heterocycles. The van der Waals surface area contributed by atoms with Gasteiger partial charge in [-0.3, -0.25) is 0 Å². The summed E-state index contributed by atoms with van der Waals surface area (Å²) in [5, 5.41) is 0.961. The van der Waals surface area contributed by atoms with E-state index in [-0.39, 0.29) is 6.61 Å². The summed E-state index contributed by atoms with van der Waals surface area (Å²) in [7, 11) is 0. The molecule has 0 fully saturated rings. The maximum absolute atomic E-state index is 5.64. The fourth-order valence-corrected chi connectivity index (χ4v) is 2.09. The number of rotatable bonds is 5. The summed E-state index contributed by atoms with van der Waals surface area (Å²) in [6.45, 7) is 2.75. The molecule has 1 heterocycles. The topological polar surface area (TPSA) is 31.4 Å². The van der Waals surface area contributed by atoms with E-state index in [4.69, 9.17) is 15.9 Å². The first-order chi connectivity index (χ1) is 8.78. The first kappa shape index (κ1) is 12.5. The van der Waals surface area contributed by atoms with Gasteiger partial charge in [0, 0.05) is 17.1 Å². The van der Waals surface area contributed by atoms with E-state index in [1.54, 1.807) is 11.3 Å². The largest absolute Gasteiger partial charge is 0.486 e. The molecule has 0 aliphatic heterocycles. The number of aryl methyl sites for hydroxylation is 1. The maximum atomic E-state index is 5.64. The monoisotopic (exact) mass is 259 g/mol. The predicted octanol–water partition coefficient (Wildman–Crippen LogP) is 3.04. The standard InChI is InChI=1S/C14H13NO2S/c1-3-7-16-12-5-4-6-13(8-12)17-10-14-15-9-11(2)18-14/h1,4-6,8-9H,7,10H2,2H3. The minimum Gasteiger partial charge on any atom is -0.486 e. The van der Waals surface area contributed by atoms with Crippen molar-refractivity contribution >= 4 is 11.3 Å². The summed E-state index contributed by atoms with van der Waals surface area (Å²) in [4.78, 5) is 5.42. The Morgan fingerprint density at radius 1 is 1.33 bits per heavy atom. The molecule has 0 unspecified atom stereocenters. The molecule has 0 radical (unpaired) electrons. The molecular formula is C14H13NO2S. The second kappa shape index (κ2) is 6.08. The van der Waals surface area contributed by atoms with Crippen LogP contribution < -0.4 is 9.47 Å². The molecule has 1 aromatic heterocycles. The number of aromatic nitrogens is 1. The summed E-state index contributed by atoms with van der Waals surface area (Å²) in [6, 6.07) is 7.41. The number of terminal acetylenes is 1. The highest BCUT2D eigenvalue weighted by molar-refractivity contribution is 7.11. The van der Waals surface area contributed by atoms with Gasteiger partial charge in [-0.25, -0.2) is 4.98 Å². The van der Waals surface area contributed by atoms with E-state index in [9.17, 15) is 0 Å². The van der Waals surface area contributed by atoms with E-state index in [0.29, 0.717) is 12.4 Å². The van der Waals surface area contributed by atoms with Crippen LogP contribution in [0, 0.1) is 19.3 Å². The Hall–Kier alpha value is -1.99. The van der Waals surface area contributed by atoms with Crippen LogP contribution in [0.15, 0.2) is 30.5 Å². The minimum absolute atomic E-state index is 0.259. The molecule has 0 N–H and O–H groups in total. The number of ether oxygens (including phenoxy) is 2. The van der Waals surface area contributed by atoms with Crippen molar-refractivity contribution in [1.29, 1.82) is 0 Å². The van der Waals surface area contributed by atoms with Crippen molar-refractivity contribution in [2.75, 3.05) is 6.61 Å². The fraction of sp³-hybridized carbons (Fsp3) is 0.214. The molecule has 1 aromatic carbocycles. The smallest absolute Gasteiger partial charge is 0.148 e. The summed E-state index contributed by atoms with van der Waals surface area (Å²) in [6.07, 6.45) is 6.98. The van der Waals surface area contributed by atoms with E-state index in [0.717, 1.165) is 10.8 Å². The van der Waals surface area contributed by atoms with Crippen LogP contribution in [0.3, 0.4) is 0 Å². The Balaban J connectivity index is 1.95. The molecule has 0 amide bonds. The molecule has 4 heteroatoms. The van der Waals surface area contributed by atoms with Crippen LogP contribution in [0.1, 0.15) is 9.88 Å². The second-order valence-electron chi connectivity index (χ2n) is 3.62. The number of hydrogen-bond acceptors (Lipinski definition) is 4. The zero-order valence-corrected chi connectivity index (χ0v) is 10.9. The normalized spacial score (nSPS) is 9.78. The Bertz CT molecular complexity index is 557. The molecule has 0 atom stereocenters. The zero-order valence-electron chi connectivity index (χ0n) is 10.1. The Morgan fingerprint density at radius 3 is 2.78 bits per heavy atom. The number of thiazole rings is 1. The zero-order chi connectivity index (χ0) is 12.8. The van der Waals surface area contributed by atoms with Crippen molar-refractivity contribution < 1.29 is 9.47 Å². The Kier molecular flexibility index (Phi) is 4.21. The van der Waals surface area contributed by atoms with Crippen molar-refractivity contribution in [2.24, 2.45) is 0 Å². The highest BCUT2D eigenvalue weighted by atomic mass is 32.1. The van der Waals surface area contributed by atoms with E-state index < -0.39 is 0 Å². The van der Waals surface area contributed by atoms with Crippen molar-refractivity contribution in [3.8, 4) is 23.8 Å². The second-order valence-corrected chi connectivity index (χ2v) is 4.94. The molecule has 0 saturated carbocycles. The van der Waals surface area contributed by atoms with Crippen molar-refractivity contribution in [3.63, 3.8) is 0 Å². The molecule has 18 heavy (non-hydrogen) atoms. The molecule has 0 aliphatic rings. The lowest BCUT2D eigenvalue weighted by Crippen LogP contribution is -1.96. The van der Waals surface area contributed by atoms with Crippen LogP contribution in [0.25, 0.3) is 0 Å². The van der Waals surface area contributed by atoms with Crippen LogP contribution in [0.4, 0.5) is 0 Å². The first-order valence-electron chi connectivity index (χ1n) is 5.48. The highest BCUT2D eigenvalue weighted by Crippen LogP contribution is 2.21. The summed E-state index contributed by atoms with van der Waals surface area (Å²) >= 11 is 1.63. The molecule has 0 bridgehead atoms. The van der Waals surface area contributed by atoms with Gasteiger partial charge in [0.15, 0.2) is 0 Å². The summed E-state index contributed by atoms with van der Waals surface area (Å²) in [5.41, 5.74) is 0. The van der Waals surface area contributed by atoms with Gasteiger partial charge in [0.05, 0.1) is 0 Å². The molecule has 2 aromatic rings. The summed E-state index contributed by atoms with van der Waals surface area (Å²) in [5.74, 6) is 3.88. The molecule has 0 aliphatic carbocycles. The van der Waals surface area contributed by atoms with Gasteiger partial charge in [-0.2, -0.15) is 0 Å². The average Bonchev–Trinajstić information content (AvgIpc) is 2.80. The van der Waals surface area contributed by atoms with Crippen molar-refractivity contribution in [2.45, 2.75) is 13.5 Å². The van der Waals surface area contributed by atoms with E-state index in [1.165, 1.54) is 4.88 Å². The van der Waals surface area contributed by atoms with Crippen LogP contribution in [0.2, 0.25) is 0 Å². The molecular weight excluding hydrogens is 246 g/mol. The minimum atomic E-state index is 0.259. The van der Waals surface area contributed by atoms with Crippen LogP contribution in [0.5, 0.6) is 11.5 Å². The third kappa shape index (κ3) is 3.51. The van der Waals surface area contributed by atoms with Crippen molar-refractivity contribution in [1.82, 2.24) is 4.98 Å². The summed E-state index contributed by atoms with van der Waals surface area (Å²) < 4.78 is 11.0. The molecule has 0 spiro atoms. The van der Waals surface area contributed by atoms with Gasteiger partial charge >= 0.3 is 0 Å². The quantitative estimate of drug-likeness (QED) is 0.773. The lowest BCUT2D eigenvalue weighted by Gasteiger charge is -2.06. The van der Waals surface area contributed by atoms with E-state index in [1.807, 2.05) is 37.4 Å². The van der Waals surface area contributed by atoms with E-state index >= 15 is 0 Å². The van der Waals surface area contributed by atoms with E-state index in [2.05, 4.69) is 10.9 Å². The average molecular weight is 259 g/mol. The van der Waals surface area contributed by atoms with Crippen LogP contribution >= 0.6 is 11.3 Å². The predicted molar refractivity (Wildman–Crippen MR) is 72.0 cm³/mol. The van der Waals surface area contributed by atoms with Gasteiger partial charge in [-0.15, -0.1) is 17.8 Å². The first-order valence-corrected chi connectivity index (χ1v) is 6.30. The van der Waals surface area contributed by atoms with Crippen LogP contribution in [-0.4, -0.2) is 11.6 Å². The lowest BCUT2D eigenvalue weighted by molar-refractivity contribution is 0.301. The SMILES string of the molecule is C#CCOc1cccc(OCc2ncc(C)s2)c1. The third-order valence-electron chi connectivity index (χ3n) is 2.16. The van der Waals surface area contributed by atoms with Gasteiger partial charge in [-0.05, 0) is 19.1 Å². The van der Waals surface area contributed by atoms with Gasteiger partial charge in [0.2, 0.25) is 0 Å². The third-order valence-corrected chi connectivity index (χ3v) is 3.05.